The van der Waals surface area contributed by atoms with Gasteiger partial charge in [-0.1, -0.05) is 0 Å². The van der Waals surface area contributed by atoms with Crippen LogP contribution in [0.2, 0.25) is 0 Å². The lowest BCUT2D eigenvalue weighted by atomic mass is 10.1. The largest absolute Gasteiger partial charge is 0.310 e. The maximum Gasteiger partial charge on any atom is 0.0315 e. The van der Waals surface area contributed by atoms with Gasteiger partial charge in [-0.25, -0.2) is 0 Å². The second-order valence-electron chi connectivity index (χ2n) is 5.46. The predicted octanol–water partition coefficient (Wildman–Crippen LogP) is 1.72. The summed E-state index contributed by atoms with van der Waals surface area (Å²) in [5, 5.41) is 3.73. The monoisotopic (exact) mass is 231 g/mol. The van der Waals surface area contributed by atoms with Crippen molar-refractivity contribution in [1.82, 2.24) is 15.2 Å². The molecule has 3 rings (SSSR count). The number of hydrogen-bond donors (Lipinski definition) is 1. The van der Waals surface area contributed by atoms with Crippen molar-refractivity contribution >= 4 is 0 Å². The summed E-state index contributed by atoms with van der Waals surface area (Å²) in [6.45, 7) is 5.66. The number of rotatable bonds is 2. The zero-order valence-electron chi connectivity index (χ0n) is 10.5. The predicted molar refractivity (Wildman–Crippen MR) is 68.8 cm³/mol. The first kappa shape index (κ1) is 11.2. The van der Waals surface area contributed by atoms with E-state index in [2.05, 4.69) is 28.2 Å². The first-order valence-corrected chi connectivity index (χ1v) is 6.69. The van der Waals surface area contributed by atoms with Crippen LogP contribution in [0.4, 0.5) is 0 Å². The van der Waals surface area contributed by atoms with Crippen LogP contribution in [0.3, 0.4) is 0 Å². The number of hydrogen-bond acceptors (Lipinski definition) is 3. The van der Waals surface area contributed by atoms with Crippen molar-refractivity contribution in [2.24, 2.45) is 0 Å². The summed E-state index contributed by atoms with van der Waals surface area (Å²) in [5.41, 5.74) is 2.74. The summed E-state index contributed by atoms with van der Waals surface area (Å²) < 4.78 is 0. The summed E-state index contributed by atoms with van der Waals surface area (Å²) in [7, 11) is 0. The van der Waals surface area contributed by atoms with E-state index >= 15 is 0 Å². The van der Waals surface area contributed by atoms with E-state index in [0.29, 0.717) is 0 Å². The maximum atomic E-state index is 4.24. The number of nitrogens with one attached hydrogen (secondary N) is 1. The molecule has 3 heterocycles. The highest BCUT2D eigenvalue weighted by molar-refractivity contribution is 5.21. The molecule has 1 aromatic heterocycles. The average Bonchev–Trinajstić information content (AvgIpc) is 2.65. The van der Waals surface area contributed by atoms with E-state index in [1.54, 1.807) is 0 Å². The Morgan fingerprint density at radius 2 is 2.24 bits per heavy atom. The molecule has 1 N–H and O–H groups in total. The second-order valence-corrected chi connectivity index (χ2v) is 5.46. The third-order valence-corrected chi connectivity index (χ3v) is 4.15. The lowest BCUT2D eigenvalue weighted by molar-refractivity contribution is 0.250. The first-order chi connectivity index (χ1) is 8.31. The molecule has 2 aliphatic heterocycles. The molecule has 1 aromatic rings. The molecule has 3 heteroatoms. The number of pyridine rings is 1. The molecule has 2 saturated heterocycles. The van der Waals surface area contributed by atoms with Crippen molar-refractivity contribution in [3.63, 3.8) is 0 Å². The van der Waals surface area contributed by atoms with Gasteiger partial charge in [0.1, 0.15) is 0 Å². The molecule has 0 aliphatic carbocycles. The SMILES string of the molecule is Cc1ccncc1CN1CCC2CCC(C1)N2. The number of likely N-dealkylation sites (tertiary alicyclic amines) is 1. The topological polar surface area (TPSA) is 28.2 Å². The van der Waals surface area contributed by atoms with Gasteiger partial charge in [0.25, 0.3) is 0 Å². The molecule has 92 valence electrons. The van der Waals surface area contributed by atoms with E-state index in [0.717, 1.165) is 18.6 Å². The third kappa shape index (κ3) is 2.50. The quantitative estimate of drug-likeness (QED) is 0.840. The van der Waals surface area contributed by atoms with Crippen molar-refractivity contribution in [2.45, 2.75) is 44.8 Å². The van der Waals surface area contributed by atoms with E-state index in [-0.39, 0.29) is 0 Å². The van der Waals surface area contributed by atoms with Crippen LogP contribution < -0.4 is 5.32 Å². The fourth-order valence-corrected chi connectivity index (χ4v) is 3.06. The van der Waals surface area contributed by atoms with Crippen LogP contribution in [0.15, 0.2) is 18.5 Å². The molecular formula is C14H21N3. The minimum Gasteiger partial charge on any atom is -0.310 e. The molecule has 0 amide bonds. The highest BCUT2D eigenvalue weighted by Crippen LogP contribution is 2.21. The van der Waals surface area contributed by atoms with E-state index in [9.17, 15) is 0 Å². The average molecular weight is 231 g/mol. The van der Waals surface area contributed by atoms with Crippen LogP contribution in [-0.2, 0) is 6.54 Å². The van der Waals surface area contributed by atoms with Gasteiger partial charge in [0.05, 0.1) is 0 Å². The van der Waals surface area contributed by atoms with Crippen molar-refractivity contribution < 1.29 is 0 Å². The molecule has 2 unspecified atom stereocenters. The van der Waals surface area contributed by atoms with Gasteiger partial charge >= 0.3 is 0 Å². The fraction of sp³-hybridized carbons (Fsp3) is 0.643. The van der Waals surface area contributed by atoms with Crippen LogP contribution in [0.5, 0.6) is 0 Å². The molecule has 3 nitrogen and oxygen atoms in total. The molecule has 0 aromatic carbocycles. The molecule has 0 saturated carbocycles. The van der Waals surface area contributed by atoms with Crippen molar-refractivity contribution in [2.75, 3.05) is 13.1 Å². The summed E-state index contributed by atoms with van der Waals surface area (Å²) in [5.74, 6) is 0. The zero-order chi connectivity index (χ0) is 11.7. The van der Waals surface area contributed by atoms with Gasteiger partial charge in [-0.2, -0.15) is 0 Å². The normalized spacial score (nSPS) is 29.2. The molecule has 2 aliphatic rings. The number of aromatic nitrogens is 1. The van der Waals surface area contributed by atoms with Gasteiger partial charge in [0.15, 0.2) is 0 Å². The van der Waals surface area contributed by atoms with Gasteiger partial charge in [-0.05, 0) is 43.4 Å². The second kappa shape index (κ2) is 4.75. The Balaban J connectivity index is 1.67. The number of nitrogens with zero attached hydrogens (tertiary/aromatic N) is 2. The van der Waals surface area contributed by atoms with Crippen molar-refractivity contribution in [3.05, 3.63) is 29.6 Å². The molecular weight excluding hydrogens is 210 g/mol. The van der Waals surface area contributed by atoms with Crippen LogP contribution in [0.1, 0.15) is 30.4 Å². The Bertz CT molecular complexity index is 391. The van der Waals surface area contributed by atoms with Crippen LogP contribution in [0, 0.1) is 6.92 Å². The van der Waals surface area contributed by atoms with Gasteiger partial charge in [-0.15, -0.1) is 0 Å². The van der Waals surface area contributed by atoms with Gasteiger partial charge < -0.3 is 5.32 Å². The van der Waals surface area contributed by atoms with Gasteiger partial charge in [0.2, 0.25) is 0 Å². The lowest BCUT2D eigenvalue weighted by Gasteiger charge is -2.24. The molecule has 0 radical (unpaired) electrons. The Morgan fingerprint density at radius 3 is 3.12 bits per heavy atom. The van der Waals surface area contributed by atoms with E-state index in [1.165, 1.54) is 43.5 Å². The minimum absolute atomic E-state index is 0.722. The van der Waals surface area contributed by atoms with Gasteiger partial charge in [-0.3, -0.25) is 9.88 Å². The first-order valence-electron chi connectivity index (χ1n) is 6.69. The van der Waals surface area contributed by atoms with Crippen molar-refractivity contribution in [3.8, 4) is 0 Å². The minimum atomic E-state index is 0.722. The Labute approximate surface area is 103 Å². The van der Waals surface area contributed by atoms with Crippen LogP contribution in [-0.4, -0.2) is 35.1 Å². The molecule has 2 atom stereocenters. The molecule has 2 bridgehead atoms. The standard InChI is InChI=1S/C14H21N3/c1-11-4-6-15-8-12(11)9-17-7-5-13-2-3-14(10-17)16-13/h4,6,8,13-14,16H,2-3,5,7,9-10H2,1H3. The maximum absolute atomic E-state index is 4.24. The Kier molecular flexibility index (Phi) is 3.12. The highest BCUT2D eigenvalue weighted by Gasteiger charge is 2.29. The van der Waals surface area contributed by atoms with Crippen molar-refractivity contribution in [1.29, 1.82) is 0 Å². The Morgan fingerprint density at radius 1 is 1.35 bits per heavy atom. The smallest absolute Gasteiger partial charge is 0.0315 e. The summed E-state index contributed by atoms with van der Waals surface area (Å²) in [6, 6.07) is 3.61. The summed E-state index contributed by atoms with van der Waals surface area (Å²) in [6.07, 6.45) is 7.93. The lowest BCUT2D eigenvalue weighted by Crippen LogP contribution is -2.35. The van der Waals surface area contributed by atoms with Crippen LogP contribution in [0.25, 0.3) is 0 Å². The van der Waals surface area contributed by atoms with E-state index in [4.69, 9.17) is 0 Å². The van der Waals surface area contributed by atoms with Gasteiger partial charge in [0, 0.05) is 44.1 Å². The molecule has 0 spiro atoms. The Hall–Kier alpha value is -0.930. The van der Waals surface area contributed by atoms with E-state index in [1.807, 2.05) is 12.4 Å². The zero-order valence-corrected chi connectivity index (χ0v) is 10.5. The third-order valence-electron chi connectivity index (χ3n) is 4.15. The number of aryl methyl sites for hydroxylation is 1. The number of fused-ring (bicyclic) bond motifs is 2. The highest BCUT2D eigenvalue weighted by atomic mass is 15.2. The summed E-state index contributed by atoms with van der Waals surface area (Å²) >= 11 is 0. The molecule has 2 fully saturated rings. The summed E-state index contributed by atoms with van der Waals surface area (Å²) in [4.78, 5) is 6.82. The molecule has 17 heavy (non-hydrogen) atoms. The fourth-order valence-electron chi connectivity index (χ4n) is 3.06. The van der Waals surface area contributed by atoms with E-state index < -0.39 is 0 Å². The van der Waals surface area contributed by atoms with Crippen LogP contribution >= 0.6 is 0 Å².